The van der Waals surface area contributed by atoms with Crippen LogP contribution >= 0.6 is 0 Å². The Kier molecular flexibility index (Phi) is 7.23. The topological polar surface area (TPSA) is 123 Å². The Morgan fingerprint density at radius 2 is 1.79 bits per heavy atom. The van der Waals surface area contributed by atoms with Crippen LogP contribution in [-0.2, 0) is 16.8 Å². The first kappa shape index (κ1) is 28.2. The zero-order valence-corrected chi connectivity index (χ0v) is 24.0. The van der Waals surface area contributed by atoms with Gasteiger partial charge in [-0.15, -0.1) is 0 Å². The molecule has 1 aliphatic heterocycles. The molecule has 0 atom stereocenters. The number of piperazine rings is 1. The largest absolute Gasteiger partial charge is 0.486 e. The molecule has 14 heteroatoms. The molecule has 2 aromatic carbocycles. The first-order valence-corrected chi connectivity index (χ1v) is 15.0. The predicted molar refractivity (Wildman–Crippen MR) is 151 cm³/mol. The van der Waals surface area contributed by atoms with Gasteiger partial charge in [-0.1, -0.05) is 13.0 Å². The second-order valence-corrected chi connectivity index (χ2v) is 12.8. The molecule has 0 spiro atoms. The van der Waals surface area contributed by atoms with E-state index in [1.165, 1.54) is 10.5 Å². The second-order valence-electron chi connectivity index (χ2n) is 11.1. The van der Waals surface area contributed by atoms with E-state index in [4.69, 9.17) is 9.15 Å². The number of aryl methyl sites for hydroxylation is 1. The van der Waals surface area contributed by atoms with Crippen LogP contribution in [0.2, 0.25) is 0 Å². The lowest BCUT2D eigenvalue weighted by Gasteiger charge is -2.35. The van der Waals surface area contributed by atoms with Gasteiger partial charge in [0.1, 0.15) is 22.8 Å². The lowest BCUT2D eigenvalue weighted by atomic mass is 10.2. The lowest BCUT2D eigenvalue weighted by Crippen LogP contribution is -2.52. The molecule has 0 amide bonds. The standard InChI is InChI=1S/C28H30F2N6O5S/c1-18-33-23-4-3-19(11-25(23)41-18)15-32-42(38,39)35-9-7-34(8-10-35)24-16-31-36(22-13-20(29)12-21(30)14-22)27(37)26(24)40-17-28(2)5-6-28/h3-4,11-14,16,32H,5-10,15,17H2,1-2H3. The van der Waals surface area contributed by atoms with Gasteiger partial charge in [-0.25, -0.2) is 13.8 Å². The van der Waals surface area contributed by atoms with E-state index < -0.39 is 27.4 Å². The Morgan fingerprint density at radius 3 is 2.48 bits per heavy atom. The van der Waals surface area contributed by atoms with Gasteiger partial charge in [0.05, 0.1) is 18.5 Å². The number of fused-ring (bicyclic) bond motifs is 1. The van der Waals surface area contributed by atoms with Gasteiger partial charge in [0.25, 0.3) is 10.2 Å². The summed E-state index contributed by atoms with van der Waals surface area (Å²) in [5.41, 5.74) is 1.66. The first-order chi connectivity index (χ1) is 20.0. The predicted octanol–water partition coefficient (Wildman–Crippen LogP) is 3.30. The molecule has 4 aromatic rings. The van der Waals surface area contributed by atoms with Crippen molar-refractivity contribution in [3.8, 4) is 11.4 Å². The van der Waals surface area contributed by atoms with Crippen LogP contribution in [0.5, 0.6) is 5.75 Å². The molecular weight excluding hydrogens is 570 g/mol. The monoisotopic (exact) mass is 600 g/mol. The van der Waals surface area contributed by atoms with Crippen molar-refractivity contribution in [2.45, 2.75) is 33.2 Å². The van der Waals surface area contributed by atoms with Crippen molar-refractivity contribution in [1.82, 2.24) is 23.8 Å². The molecule has 1 saturated carbocycles. The van der Waals surface area contributed by atoms with Crippen molar-refractivity contribution < 1.29 is 26.4 Å². The third-order valence-electron chi connectivity index (χ3n) is 7.61. The minimum Gasteiger partial charge on any atom is -0.486 e. The molecule has 2 fully saturated rings. The Hall–Kier alpha value is -3.88. The van der Waals surface area contributed by atoms with E-state index in [-0.39, 0.29) is 49.6 Å². The van der Waals surface area contributed by atoms with Crippen LogP contribution in [0.15, 0.2) is 51.8 Å². The van der Waals surface area contributed by atoms with Gasteiger partial charge in [-0.05, 0) is 42.7 Å². The first-order valence-electron chi connectivity index (χ1n) is 13.6. The van der Waals surface area contributed by atoms with Crippen LogP contribution in [0.4, 0.5) is 14.5 Å². The number of hydrogen-bond donors (Lipinski definition) is 1. The van der Waals surface area contributed by atoms with E-state index in [1.807, 2.05) is 4.90 Å². The van der Waals surface area contributed by atoms with E-state index in [9.17, 15) is 22.0 Å². The Morgan fingerprint density at radius 1 is 1.07 bits per heavy atom. The summed E-state index contributed by atoms with van der Waals surface area (Å²) in [6.07, 6.45) is 3.34. The van der Waals surface area contributed by atoms with Crippen molar-refractivity contribution in [3.05, 3.63) is 76.0 Å². The fourth-order valence-electron chi connectivity index (χ4n) is 4.87. The summed E-state index contributed by atoms with van der Waals surface area (Å²) in [4.78, 5) is 19.6. The molecule has 11 nitrogen and oxygen atoms in total. The third-order valence-corrected chi connectivity index (χ3v) is 9.17. The van der Waals surface area contributed by atoms with E-state index in [2.05, 4.69) is 21.7 Å². The van der Waals surface area contributed by atoms with Crippen molar-refractivity contribution in [2.75, 3.05) is 37.7 Å². The molecular formula is C28H30F2N6O5S. The summed E-state index contributed by atoms with van der Waals surface area (Å²) in [5.74, 6) is -1.13. The molecule has 1 saturated heterocycles. The Labute approximate surface area is 240 Å². The van der Waals surface area contributed by atoms with E-state index in [0.29, 0.717) is 35.4 Å². The van der Waals surface area contributed by atoms with Crippen LogP contribution in [0.25, 0.3) is 16.8 Å². The number of hydrogen-bond acceptors (Lipinski definition) is 8. The van der Waals surface area contributed by atoms with Gasteiger partial charge in [0.2, 0.25) is 5.75 Å². The van der Waals surface area contributed by atoms with Gasteiger partial charge in [0.15, 0.2) is 11.5 Å². The molecule has 1 aliphatic carbocycles. The molecule has 2 aromatic heterocycles. The summed E-state index contributed by atoms with van der Waals surface area (Å²) in [5, 5.41) is 4.17. The smallest absolute Gasteiger partial charge is 0.316 e. The number of oxazole rings is 1. The minimum atomic E-state index is -3.80. The summed E-state index contributed by atoms with van der Waals surface area (Å²) in [6.45, 7) is 5.05. The number of nitrogens with zero attached hydrogens (tertiary/aromatic N) is 5. The van der Waals surface area contributed by atoms with E-state index >= 15 is 0 Å². The van der Waals surface area contributed by atoms with Crippen molar-refractivity contribution >= 4 is 27.0 Å². The van der Waals surface area contributed by atoms with Crippen molar-refractivity contribution in [3.63, 3.8) is 0 Å². The average molecular weight is 601 g/mol. The number of aromatic nitrogens is 3. The molecule has 3 heterocycles. The highest BCUT2D eigenvalue weighted by Crippen LogP contribution is 2.45. The fraction of sp³-hybridized carbons (Fsp3) is 0.393. The van der Waals surface area contributed by atoms with Crippen LogP contribution < -0.4 is 19.9 Å². The van der Waals surface area contributed by atoms with Crippen molar-refractivity contribution in [2.24, 2.45) is 5.41 Å². The van der Waals surface area contributed by atoms with Gasteiger partial charge < -0.3 is 14.1 Å². The van der Waals surface area contributed by atoms with Crippen LogP contribution in [0.3, 0.4) is 0 Å². The second kappa shape index (κ2) is 10.7. The summed E-state index contributed by atoms with van der Waals surface area (Å²) in [6, 6.07) is 8.08. The number of ether oxygens (including phenoxy) is 1. The number of anilines is 1. The van der Waals surface area contributed by atoms with Crippen LogP contribution in [0.1, 0.15) is 31.2 Å². The molecule has 0 bridgehead atoms. The molecule has 0 radical (unpaired) electrons. The van der Waals surface area contributed by atoms with Gasteiger partial charge in [-0.2, -0.15) is 27.2 Å². The number of rotatable bonds is 9. The van der Waals surface area contributed by atoms with E-state index in [1.54, 1.807) is 25.1 Å². The Balaban J connectivity index is 1.18. The quantitative estimate of drug-likeness (QED) is 0.311. The third kappa shape index (κ3) is 5.87. The van der Waals surface area contributed by atoms with Crippen LogP contribution in [-0.4, -0.2) is 60.3 Å². The molecule has 6 rings (SSSR count). The fourth-order valence-corrected chi connectivity index (χ4v) is 6.04. The minimum absolute atomic E-state index is 0.00951. The number of benzene rings is 2. The number of halogens is 2. The van der Waals surface area contributed by atoms with Gasteiger partial charge in [0, 0.05) is 51.1 Å². The maximum atomic E-state index is 13.9. The average Bonchev–Trinajstić information content (AvgIpc) is 3.56. The molecule has 2 aliphatic rings. The zero-order valence-electron chi connectivity index (χ0n) is 23.1. The normalized spacial score (nSPS) is 17.1. The van der Waals surface area contributed by atoms with E-state index in [0.717, 1.165) is 35.2 Å². The molecule has 42 heavy (non-hydrogen) atoms. The SMILES string of the molecule is Cc1nc2ccc(CNS(=O)(=O)N3CCN(c4cnn(-c5cc(F)cc(F)c5)c(=O)c4OCC4(C)CC4)CC3)cc2o1. The maximum Gasteiger partial charge on any atom is 0.316 e. The zero-order chi connectivity index (χ0) is 29.6. The lowest BCUT2D eigenvalue weighted by molar-refractivity contribution is 0.242. The highest BCUT2D eigenvalue weighted by molar-refractivity contribution is 7.87. The van der Waals surface area contributed by atoms with Gasteiger partial charge >= 0.3 is 5.56 Å². The molecule has 222 valence electrons. The summed E-state index contributed by atoms with van der Waals surface area (Å²) in [7, 11) is -3.80. The maximum absolute atomic E-state index is 13.9. The van der Waals surface area contributed by atoms with Crippen LogP contribution in [0, 0.1) is 24.0 Å². The molecule has 0 unspecified atom stereocenters. The number of nitrogens with one attached hydrogen (secondary N) is 1. The Bertz CT molecular complexity index is 1790. The molecule has 1 N–H and O–H groups in total. The summed E-state index contributed by atoms with van der Waals surface area (Å²) < 4.78 is 70.4. The van der Waals surface area contributed by atoms with Crippen molar-refractivity contribution in [1.29, 1.82) is 0 Å². The summed E-state index contributed by atoms with van der Waals surface area (Å²) >= 11 is 0. The highest BCUT2D eigenvalue weighted by atomic mass is 32.2. The van der Waals surface area contributed by atoms with Gasteiger partial charge in [-0.3, -0.25) is 4.79 Å². The highest BCUT2D eigenvalue weighted by Gasteiger charge is 2.39.